The lowest BCUT2D eigenvalue weighted by molar-refractivity contribution is 0.608. The van der Waals surface area contributed by atoms with Crippen LogP contribution >= 0.6 is 27.3 Å². The van der Waals surface area contributed by atoms with Gasteiger partial charge in [-0.15, -0.1) is 17.9 Å². The lowest BCUT2D eigenvalue weighted by atomic mass is 10.2. The van der Waals surface area contributed by atoms with Crippen molar-refractivity contribution in [2.24, 2.45) is 0 Å². The van der Waals surface area contributed by atoms with Gasteiger partial charge in [-0.25, -0.2) is 0 Å². The molecule has 0 fully saturated rings. The number of unbranched alkanes of at least 4 members (excludes halogenated alkanes) is 3. The third-order valence-corrected chi connectivity index (χ3v) is 4.16. The molecule has 1 N–H and O–H groups in total. The predicted molar refractivity (Wildman–Crippen MR) is 72.4 cm³/mol. The Kier molecular flexibility index (Phi) is 6.98. The van der Waals surface area contributed by atoms with Gasteiger partial charge in [0.15, 0.2) is 0 Å². The lowest BCUT2D eigenvalue weighted by Gasteiger charge is -2.03. The van der Waals surface area contributed by atoms with Crippen LogP contribution < -0.4 is 5.32 Å². The van der Waals surface area contributed by atoms with Gasteiger partial charge in [0.1, 0.15) is 0 Å². The minimum Gasteiger partial charge on any atom is -0.312 e. The van der Waals surface area contributed by atoms with Crippen LogP contribution in [-0.2, 0) is 6.54 Å². The number of allylic oxidation sites excluding steroid dienone is 1. The summed E-state index contributed by atoms with van der Waals surface area (Å²) in [4.78, 5) is 1.39. The second-order valence-corrected chi connectivity index (χ2v) is 5.36. The Morgan fingerprint density at radius 2 is 2.27 bits per heavy atom. The first-order valence-electron chi connectivity index (χ1n) is 5.38. The number of nitrogens with one attached hydrogen (secondary N) is 1. The Morgan fingerprint density at radius 1 is 1.40 bits per heavy atom. The molecule has 15 heavy (non-hydrogen) atoms. The van der Waals surface area contributed by atoms with E-state index in [1.54, 1.807) is 11.3 Å². The number of thiophene rings is 1. The van der Waals surface area contributed by atoms with E-state index < -0.39 is 0 Å². The van der Waals surface area contributed by atoms with E-state index in [1.807, 2.05) is 6.08 Å². The summed E-state index contributed by atoms with van der Waals surface area (Å²) in [5.41, 5.74) is 0. The number of hydrogen-bond donors (Lipinski definition) is 1. The van der Waals surface area contributed by atoms with Crippen LogP contribution in [0, 0.1) is 0 Å². The zero-order chi connectivity index (χ0) is 10.9. The van der Waals surface area contributed by atoms with Crippen LogP contribution in [0.15, 0.2) is 28.6 Å². The highest BCUT2D eigenvalue weighted by Crippen LogP contribution is 2.22. The second-order valence-electron chi connectivity index (χ2n) is 3.51. The molecule has 1 heterocycles. The lowest BCUT2D eigenvalue weighted by Crippen LogP contribution is -2.13. The van der Waals surface area contributed by atoms with Gasteiger partial charge in [-0.2, -0.15) is 0 Å². The minimum atomic E-state index is 0.986. The average molecular weight is 288 g/mol. The van der Waals surface area contributed by atoms with Crippen LogP contribution in [-0.4, -0.2) is 6.54 Å². The van der Waals surface area contributed by atoms with Crippen molar-refractivity contribution in [3.8, 4) is 0 Å². The zero-order valence-electron chi connectivity index (χ0n) is 8.97. The van der Waals surface area contributed by atoms with E-state index in [1.165, 1.54) is 28.6 Å². The maximum Gasteiger partial charge on any atom is 0.0327 e. The van der Waals surface area contributed by atoms with Crippen molar-refractivity contribution in [1.82, 2.24) is 5.32 Å². The molecule has 1 aromatic heterocycles. The van der Waals surface area contributed by atoms with E-state index in [0.29, 0.717) is 0 Å². The Bertz CT molecular complexity index is 283. The van der Waals surface area contributed by atoms with Crippen LogP contribution in [0.1, 0.15) is 30.6 Å². The standard InChI is InChI=1S/C12H18BrNS/c1-2-3-4-5-6-8-14-10-12-11(13)7-9-15-12/h2,7,9,14H,1,3-6,8,10H2. The van der Waals surface area contributed by atoms with E-state index in [2.05, 4.69) is 39.3 Å². The SMILES string of the molecule is C=CCCCCCNCc1sccc1Br. The van der Waals surface area contributed by atoms with Gasteiger partial charge in [0.05, 0.1) is 0 Å². The van der Waals surface area contributed by atoms with Gasteiger partial charge in [0.2, 0.25) is 0 Å². The fraction of sp³-hybridized carbons (Fsp3) is 0.500. The summed E-state index contributed by atoms with van der Waals surface area (Å²) in [5, 5.41) is 5.58. The van der Waals surface area contributed by atoms with Gasteiger partial charge in [0.25, 0.3) is 0 Å². The molecule has 0 aliphatic rings. The molecule has 0 radical (unpaired) electrons. The first kappa shape index (κ1) is 12.9. The molecule has 0 atom stereocenters. The molecule has 1 aromatic rings. The van der Waals surface area contributed by atoms with Gasteiger partial charge >= 0.3 is 0 Å². The minimum absolute atomic E-state index is 0.986. The fourth-order valence-electron chi connectivity index (χ4n) is 1.37. The highest BCUT2D eigenvalue weighted by molar-refractivity contribution is 9.10. The van der Waals surface area contributed by atoms with Crippen molar-refractivity contribution in [3.05, 3.63) is 33.5 Å². The molecule has 0 aromatic carbocycles. The Labute approximate surface area is 105 Å². The Morgan fingerprint density at radius 3 is 2.93 bits per heavy atom. The quantitative estimate of drug-likeness (QED) is 0.554. The van der Waals surface area contributed by atoms with Gasteiger partial charge in [0, 0.05) is 15.9 Å². The molecule has 1 rings (SSSR count). The maximum absolute atomic E-state index is 3.72. The van der Waals surface area contributed by atoms with Crippen molar-refractivity contribution in [1.29, 1.82) is 0 Å². The number of rotatable bonds is 8. The third kappa shape index (κ3) is 5.50. The highest BCUT2D eigenvalue weighted by atomic mass is 79.9. The highest BCUT2D eigenvalue weighted by Gasteiger charge is 1.99. The predicted octanol–water partition coefficient (Wildman–Crippen LogP) is 4.35. The molecule has 0 spiro atoms. The van der Waals surface area contributed by atoms with Gasteiger partial charge in [-0.05, 0) is 53.2 Å². The summed E-state index contributed by atoms with van der Waals surface area (Å²) in [5.74, 6) is 0. The largest absolute Gasteiger partial charge is 0.312 e. The van der Waals surface area contributed by atoms with Crippen molar-refractivity contribution >= 4 is 27.3 Å². The van der Waals surface area contributed by atoms with Crippen molar-refractivity contribution < 1.29 is 0 Å². The number of hydrogen-bond acceptors (Lipinski definition) is 2. The summed E-state index contributed by atoms with van der Waals surface area (Å²) in [7, 11) is 0. The fourth-order valence-corrected chi connectivity index (χ4v) is 2.83. The Balaban J connectivity index is 1.98. The normalized spacial score (nSPS) is 10.5. The van der Waals surface area contributed by atoms with Crippen LogP contribution in [0.2, 0.25) is 0 Å². The molecule has 0 saturated heterocycles. The van der Waals surface area contributed by atoms with Crippen LogP contribution in [0.3, 0.4) is 0 Å². The summed E-state index contributed by atoms with van der Waals surface area (Å²) in [6, 6.07) is 2.10. The molecule has 0 unspecified atom stereocenters. The first-order chi connectivity index (χ1) is 7.34. The van der Waals surface area contributed by atoms with Gasteiger partial charge in [-0.3, -0.25) is 0 Å². The molecule has 0 aliphatic heterocycles. The molecule has 84 valence electrons. The third-order valence-electron chi connectivity index (χ3n) is 2.24. The molecule has 0 bridgehead atoms. The van der Waals surface area contributed by atoms with Crippen LogP contribution in [0.5, 0.6) is 0 Å². The maximum atomic E-state index is 3.72. The summed E-state index contributed by atoms with van der Waals surface area (Å²) in [6.45, 7) is 5.82. The van der Waals surface area contributed by atoms with E-state index >= 15 is 0 Å². The van der Waals surface area contributed by atoms with Crippen LogP contribution in [0.25, 0.3) is 0 Å². The average Bonchev–Trinajstić information content (AvgIpc) is 2.63. The molecule has 3 heteroatoms. The van der Waals surface area contributed by atoms with Crippen molar-refractivity contribution in [2.75, 3.05) is 6.54 Å². The number of halogens is 1. The van der Waals surface area contributed by atoms with Gasteiger partial charge in [-0.1, -0.05) is 12.5 Å². The molecule has 0 saturated carbocycles. The van der Waals surface area contributed by atoms with Gasteiger partial charge < -0.3 is 5.32 Å². The molecular formula is C12H18BrNS. The van der Waals surface area contributed by atoms with E-state index in [4.69, 9.17) is 0 Å². The monoisotopic (exact) mass is 287 g/mol. The molecular weight excluding hydrogens is 270 g/mol. The van der Waals surface area contributed by atoms with Crippen molar-refractivity contribution in [2.45, 2.75) is 32.2 Å². The molecule has 0 amide bonds. The first-order valence-corrected chi connectivity index (χ1v) is 7.05. The van der Waals surface area contributed by atoms with Crippen LogP contribution in [0.4, 0.5) is 0 Å². The molecule has 1 nitrogen and oxygen atoms in total. The van der Waals surface area contributed by atoms with E-state index in [9.17, 15) is 0 Å². The zero-order valence-corrected chi connectivity index (χ0v) is 11.4. The van der Waals surface area contributed by atoms with E-state index in [0.717, 1.165) is 19.5 Å². The Hall–Kier alpha value is -0.120. The summed E-state index contributed by atoms with van der Waals surface area (Å²) < 4.78 is 1.23. The smallest absolute Gasteiger partial charge is 0.0327 e. The molecule has 0 aliphatic carbocycles. The summed E-state index contributed by atoms with van der Waals surface area (Å²) >= 11 is 5.33. The van der Waals surface area contributed by atoms with Crippen molar-refractivity contribution in [3.63, 3.8) is 0 Å². The van der Waals surface area contributed by atoms with E-state index in [-0.39, 0.29) is 0 Å². The topological polar surface area (TPSA) is 12.0 Å². The summed E-state index contributed by atoms with van der Waals surface area (Å²) in [6.07, 6.45) is 6.97. The second kappa shape index (κ2) is 8.08.